The standard InChI is InChI=1S/C50H86N15O12P/c1-39(2)65(40(3)4)78(76-23-8-19-51)77-45-11-9-41(10-12-45)49(69)55-50(16-13-46(66)52-20-24-70-27-30-73-36-42-33-62(5)59-56-42,17-14-47(67)53-21-25-71-28-31-74-37-43-34-63(6)60-57-43)18-15-48(68)54-22-26-72-29-32-75-38-44-35-64(7)61-58-44/h33-35,39-41,45H,8-18,20-32,36-38H2,1-7H3,(H,52,66)(H,53,67)(H,54,68)(H,55,69). The van der Waals surface area contributed by atoms with Crippen LogP contribution in [-0.4, -0.2) is 183 Å². The highest BCUT2D eigenvalue weighted by molar-refractivity contribution is 7.44. The normalized spacial score (nSPS) is 15.2. The van der Waals surface area contributed by atoms with Crippen molar-refractivity contribution in [1.29, 1.82) is 5.26 Å². The topological polar surface area (TPSA) is 309 Å². The largest absolute Gasteiger partial charge is 0.377 e. The van der Waals surface area contributed by atoms with Gasteiger partial charge in [-0.25, -0.2) is 4.67 Å². The molecule has 1 saturated carbocycles. The first-order valence-electron chi connectivity index (χ1n) is 27.0. The zero-order valence-electron chi connectivity index (χ0n) is 46.9. The van der Waals surface area contributed by atoms with Crippen molar-refractivity contribution in [3.8, 4) is 6.07 Å². The summed E-state index contributed by atoms with van der Waals surface area (Å²) in [5.74, 6) is -1.42. The Morgan fingerprint density at radius 1 is 0.615 bits per heavy atom. The maximum Gasteiger partial charge on any atom is 0.259 e. The molecule has 0 aliphatic heterocycles. The Morgan fingerprint density at radius 3 is 1.35 bits per heavy atom. The van der Waals surface area contributed by atoms with Crippen LogP contribution in [0, 0.1) is 17.2 Å². The fourth-order valence-corrected chi connectivity index (χ4v) is 10.2. The number of nitrogens with zero attached hydrogens (tertiary/aromatic N) is 11. The lowest BCUT2D eigenvalue weighted by Gasteiger charge is -2.39. The second-order valence-electron chi connectivity index (χ2n) is 19.6. The van der Waals surface area contributed by atoms with Crippen LogP contribution in [0.3, 0.4) is 0 Å². The Bertz CT molecular complexity index is 2020. The number of amides is 4. The average molecular weight is 1120 g/mol. The highest BCUT2D eigenvalue weighted by atomic mass is 31.2. The Morgan fingerprint density at radius 2 is 1.00 bits per heavy atom. The van der Waals surface area contributed by atoms with E-state index < -0.39 is 14.1 Å². The van der Waals surface area contributed by atoms with E-state index in [4.69, 9.17) is 37.5 Å². The number of ether oxygens (including phenoxy) is 6. The van der Waals surface area contributed by atoms with E-state index >= 15 is 0 Å². The van der Waals surface area contributed by atoms with E-state index in [1.165, 1.54) is 0 Å². The molecule has 4 rings (SSSR count). The monoisotopic (exact) mass is 1120 g/mol. The van der Waals surface area contributed by atoms with Crippen LogP contribution in [0.5, 0.6) is 0 Å². The molecule has 0 saturated heterocycles. The third-order valence-corrected chi connectivity index (χ3v) is 14.5. The van der Waals surface area contributed by atoms with Gasteiger partial charge in [-0.15, -0.1) is 15.3 Å². The van der Waals surface area contributed by atoms with Gasteiger partial charge in [0.2, 0.25) is 23.6 Å². The van der Waals surface area contributed by atoms with Gasteiger partial charge >= 0.3 is 0 Å². The lowest BCUT2D eigenvalue weighted by molar-refractivity contribution is -0.131. The predicted molar refractivity (Wildman–Crippen MR) is 284 cm³/mol. The molecule has 28 heteroatoms. The molecule has 4 amide bonds. The SMILES string of the molecule is CC(C)N(C(C)C)P(OCCC#N)OC1CCC(C(=O)NC(CCC(=O)NCCOCCOCc2cn(C)nn2)(CCC(=O)NCCOCCOCc2cn(C)nn2)CCC(=O)NCCOCCOCc2cn(C)nn2)CC1. The predicted octanol–water partition coefficient (Wildman–Crippen LogP) is 2.47. The second kappa shape index (κ2) is 37.7. The first-order chi connectivity index (χ1) is 37.6. The van der Waals surface area contributed by atoms with E-state index in [9.17, 15) is 24.4 Å². The van der Waals surface area contributed by atoms with Crippen LogP contribution >= 0.6 is 8.53 Å². The van der Waals surface area contributed by atoms with E-state index in [1.54, 1.807) is 53.8 Å². The fraction of sp³-hybridized carbons (Fsp3) is 0.780. The molecule has 4 N–H and O–H groups in total. The van der Waals surface area contributed by atoms with Crippen molar-refractivity contribution in [2.24, 2.45) is 27.1 Å². The van der Waals surface area contributed by atoms with Crippen LogP contribution in [0.2, 0.25) is 0 Å². The molecule has 0 radical (unpaired) electrons. The highest BCUT2D eigenvalue weighted by Crippen LogP contribution is 2.49. The third-order valence-electron chi connectivity index (χ3n) is 12.3. The van der Waals surface area contributed by atoms with Crippen LogP contribution in [0.25, 0.3) is 0 Å². The number of rotatable bonds is 43. The maximum atomic E-state index is 14.5. The minimum Gasteiger partial charge on any atom is -0.377 e. The Kier molecular flexibility index (Phi) is 31.6. The number of nitrogens with one attached hydrogen (secondary N) is 4. The number of carbonyl (C=O) groups excluding carboxylic acids is 4. The number of aryl methyl sites for hydroxylation is 3. The molecule has 78 heavy (non-hydrogen) atoms. The highest BCUT2D eigenvalue weighted by Gasteiger charge is 2.38. The lowest BCUT2D eigenvalue weighted by Crippen LogP contribution is -2.52. The quantitative estimate of drug-likeness (QED) is 0.0467. The molecule has 438 valence electrons. The number of hydrogen-bond acceptors (Lipinski definition) is 20. The van der Waals surface area contributed by atoms with E-state index in [0.29, 0.717) is 102 Å². The molecule has 1 aliphatic rings. The minimum atomic E-state index is -1.46. The number of hydrogen-bond donors (Lipinski definition) is 4. The minimum absolute atomic E-state index is 0.00237. The average Bonchev–Trinajstić information content (AvgIpc) is 4.17. The number of nitriles is 1. The summed E-state index contributed by atoms with van der Waals surface area (Å²) in [6.45, 7) is 12.9. The Labute approximate surface area is 460 Å². The van der Waals surface area contributed by atoms with Crippen molar-refractivity contribution in [3.05, 3.63) is 35.7 Å². The van der Waals surface area contributed by atoms with Crippen molar-refractivity contribution in [3.63, 3.8) is 0 Å². The molecule has 3 heterocycles. The molecule has 3 aromatic heterocycles. The van der Waals surface area contributed by atoms with Gasteiger partial charge in [0, 0.05) is 83.6 Å². The van der Waals surface area contributed by atoms with Crippen molar-refractivity contribution in [2.45, 2.75) is 142 Å². The van der Waals surface area contributed by atoms with Crippen LogP contribution in [0.15, 0.2) is 18.6 Å². The van der Waals surface area contributed by atoms with E-state index in [0.717, 1.165) is 0 Å². The van der Waals surface area contributed by atoms with Gasteiger partial charge in [-0.3, -0.25) is 33.2 Å². The van der Waals surface area contributed by atoms with Crippen molar-refractivity contribution >= 4 is 32.2 Å². The molecule has 0 bridgehead atoms. The summed E-state index contributed by atoms with van der Waals surface area (Å²) in [4.78, 5) is 55.0. The molecule has 0 spiro atoms. The third kappa shape index (κ3) is 27.2. The fourth-order valence-electron chi connectivity index (χ4n) is 8.46. The molecular formula is C50H86N15O12P. The van der Waals surface area contributed by atoms with Crippen molar-refractivity contribution in [2.75, 3.05) is 85.7 Å². The maximum absolute atomic E-state index is 14.5. The zero-order chi connectivity index (χ0) is 56.4. The van der Waals surface area contributed by atoms with Gasteiger partial charge in [0.25, 0.3) is 8.53 Å². The van der Waals surface area contributed by atoms with Crippen molar-refractivity contribution in [1.82, 2.24) is 70.9 Å². The summed E-state index contributed by atoms with van der Waals surface area (Å²) in [5, 5.41) is 44.9. The number of carbonyl (C=O) groups is 4. The first kappa shape index (κ1) is 65.4. The molecule has 1 unspecified atom stereocenters. The van der Waals surface area contributed by atoms with E-state index in [1.807, 2.05) is 0 Å². The summed E-state index contributed by atoms with van der Waals surface area (Å²) in [6, 6.07) is 2.42. The second-order valence-corrected chi connectivity index (χ2v) is 21.0. The first-order valence-corrected chi connectivity index (χ1v) is 28.2. The van der Waals surface area contributed by atoms with Gasteiger partial charge in [-0.2, -0.15) is 5.26 Å². The summed E-state index contributed by atoms with van der Waals surface area (Å²) < 4.78 is 53.6. The molecule has 3 aromatic rings. The molecule has 1 aliphatic carbocycles. The Hall–Kier alpha value is -5.14. The van der Waals surface area contributed by atoms with Crippen LogP contribution in [0.1, 0.15) is 115 Å². The molecule has 27 nitrogen and oxygen atoms in total. The zero-order valence-corrected chi connectivity index (χ0v) is 47.8. The van der Waals surface area contributed by atoms with Crippen LogP contribution in [0.4, 0.5) is 0 Å². The molecule has 0 aromatic carbocycles. The number of aromatic nitrogens is 9. The smallest absolute Gasteiger partial charge is 0.259 e. The van der Waals surface area contributed by atoms with Gasteiger partial charge in [0.15, 0.2) is 0 Å². The molecule has 1 atom stereocenters. The van der Waals surface area contributed by atoms with Gasteiger partial charge in [-0.05, 0) is 72.6 Å². The van der Waals surface area contributed by atoms with Gasteiger partial charge in [0.1, 0.15) is 17.1 Å². The van der Waals surface area contributed by atoms with Crippen LogP contribution in [-0.2, 0) is 97.6 Å². The summed E-state index contributed by atoms with van der Waals surface area (Å²) >= 11 is 0. The Balaban J connectivity index is 1.38. The molecule has 1 fully saturated rings. The van der Waals surface area contributed by atoms with E-state index in [-0.39, 0.29) is 139 Å². The summed E-state index contributed by atoms with van der Waals surface area (Å²) in [5.41, 5.74) is 0.993. The van der Waals surface area contributed by atoms with Crippen molar-refractivity contribution < 1.29 is 56.6 Å². The van der Waals surface area contributed by atoms with Gasteiger partial charge in [0.05, 0.1) is 123 Å². The van der Waals surface area contributed by atoms with E-state index in [2.05, 4.69) is 90.6 Å². The molecular weight excluding hydrogens is 1030 g/mol. The van der Waals surface area contributed by atoms with Gasteiger partial charge in [-0.1, -0.05) is 15.6 Å². The van der Waals surface area contributed by atoms with Crippen LogP contribution < -0.4 is 21.3 Å². The summed E-state index contributed by atoms with van der Waals surface area (Å²) in [6.07, 6.45) is 8.12. The van der Waals surface area contributed by atoms with Gasteiger partial charge < -0.3 is 58.7 Å². The summed E-state index contributed by atoms with van der Waals surface area (Å²) in [7, 11) is 3.88. The lowest BCUT2D eigenvalue weighted by atomic mass is 9.81.